The molecule has 3 unspecified atom stereocenters. The molecule has 2 heteroatoms. The van der Waals surface area contributed by atoms with E-state index >= 15 is 0 Å². The van der Waals surface area contributed by atoms with E-state index in [-0.39, 0.29) is 15.8 Å². The molecule has 0 aromatic heterocycles. The predicted molar refractivity (Wildman–Crippen MR) is 155 cm³/mol. The summed E-state index contributed by atoms with van der Waals surface area (Å²) in [6.45, 7) is 5.36. The Labute approximate surface area is 212 Å². The molecule has 3 aliphatic rings. The molecule has 0 nitrogen and oxygen atoms in total. The van der Waals surface area contributed by atoms with Crippen LogP contribution in [-0.4, -0.2) is 22.6 Å². The van der Waals surface area contributed by atoms with Gasteiger partial charge in [0.05, 0.1) is 0 Å². The Balaban J connectivity index is 1.49. The second kappa shape index (κ2) is 12.0. The van der Waals surface area contributed by atoms with Gasteiger partial charge in [-0.05, 0) is 91.5 Å². The molecule has 0 bridgehead atoms. The van der Waals surface area contributed by atoms with E-state index in [0.717, 1.165) is 34.5 Å². The van der Waals surface area contributed by atoms with Gasteiger partial charge in [-0.3, -0.25) is 0 Å². The minimum Gasteiger partial charge on any atom is -0.0971 e. The second-order valence-corrected chi connectivity index (χ2v) is 17.1. The Morgan fingerprint density at radius 1 is 0.618 bits per heavy atom. The van der Waals surface area contributed by atoms with Crippen molar-refractivity contribution < 1.29 is 0 Å². The lowest BCUT2D eigenvalue weighted by atomic mass is 9.99. The van der Waals surface area contributed by atoms with Gasteiger partial charge in [0.1, 0.15) is 0 Å². The van der Waals surface area contributed by atoms with Gasteiger partial charge in [-0.25, -0.2) is 0 Å². The van der Waals surface area contributed by atoms with Gasteiger partial charge >= 0.3 is 0 Å². The molecule has 2 aromatic rings. The molecular formula is C32H46P2. The molecule has 184 valence electrons. The summed E-state index contributed by atoms with van der Waals surface area (Å²) < 4.78 is 0. The predicted octanol–water partition coefficient (Wildman–Crippen LogP) is 9.07. The number of hydrogen-bond donors (Lipinski definition) is 0. The van der Waals surface area contributed by atoms with Crippen molar-refractivity contribution in [3.63, 3.8) is 0 Å². The Morgan fingerprint density at radius 2 is 1.09 bits per heavy atom. The minimum atomic E-state index is -0.312. The lowest BCUT2D eigenvalue weighted by Crippen LogP contribution is -2.36. The largest absolute Gasteiger partial charge is 0.0971 e. The van der Waals surface area contributed by atoms with E-state index in [1.807, 2.05) is 0 Å². The first-order valence-electron chi connectivity index (χ1n) is 14.4. The van der Waals surface area contributed by atoms with Gasteiger partial charge in [-0.15, -0.1) is 0 Å². The lowest BCUT2D eigenvalue weighted by Gasteiger charge is -2.46. The van der Waals surface area contributed by atoms with E-state index in [1.54, 1.807) is 36.3 Å². The summed E-state index contributed by atoms with van der Waals surface area (Å²) in [6.07, 6.45) is 18.1. The summed E-state index contributed by atoms with van der Waals surface area (Å²) in [5.41, 5.74) is 3.91. The average molecular weight is 493 g/mol. The van der Waals surface area contributed by atoms with E-state index < -0.39 is 0 Å². The van der Waals surface area contributed by atoms with Gasteiger partial charge in [0, 0.05) is 0 Å². The number of rotatable bonds is 7. The third-order valence-corrected chi connectivity index (χ3v) is 16.7. The van der Waals surface area contributed by atoms with Crippen molar-refractivity contribution >= 4 is 26.5 Å². The first-order valence-corrected chi connectivity index (χ1v) is 17.4. The molecule has 5 rings (SSSR count). The Kier molecular flexibility index (Phi) is 8.83. The van der Waals surface area contributed by atoms with Crippen molar-refractivity contribution in [3.05, 3.63) is 60.7 Å². The normalized spacial score (nSPS) is 27.9. The molecule has 0 radical (unpaired) electrons. The molecule has 3 aliphatic carbocycles. The van der Waals surface area contributed by atoms with E-state index in [0.29, 0.717) is 0 Å². The molecule has 4 atom stereocenters. The fourth-order valence-electron chi connectivity index (χ4n) is 7.80. The summed E-state index contributed by atoms with van der Waals surface area (Å²) in [5.74, 6) is 1.75. The third-order valence-electron chi connectivity index (χ3n) is 9.43. The van der Waals surface area contributed by atoms with Gasteiger partial charge in [0.2, 0.25) is 0 Å². The van der Waals surface area contributed by atoms with Crippen LogP contribution in [0.3, 0.4) is 0 Å². The van der Waals surface area contributed by atoms with Crippen LogP contribution in [0, 0.1) is 11.8 Å². The SMILES string of the molecule is CC1CCC([C@@H](C)P(C2CCCCC2)C2CCCCC2)C1P(c1ccccc1)c1ccccc1. The van der Waals surface area contributed by atoms with Crippen molar-refractivity contribution in [2.24, 2.45) is 11.8 Å². The smallest absolute Gasteiger partial charge is 0.00688 e. The molecule has 0 aliphatic heterocycles. The van der Waals surface area contributed by atoms with Crippen molar-refractivity contribution in [2.75, 3.05) is 0 Å². The zero-order valence-corrected chi connectivity index (χ0v) is 23.4. The summed E-state index contributed by atoms with van der Waals surface area (Å²) in [6, 6.07) is 23.3. The highest BCUT2D eigenvalue weighted by Crippen LogP contribution is 2.65. The fraction of sp³-hybridized carbons (Fsp3) is 0.625. The van der Waals surface area contributed by atoms with Crippen molar-refractivity contribution in [3.8, 4) is 0 Å². The van der Waals surface area contributed by atoms with E-state index in [4.69, 9.17) is 0 Å². The maximum atomic E-state index is 2.76. The Bertz CT molecular complexity index is 796. The molecule has 0 amide bonds. The molecule has 0 saturated heterocycles. The average Bonchev–Trinajstić information content (AvgIpc) is 3.28. The summed E-state index contributed by atoms with van der Waals surface area (Å²) in [5, 5.41) is 3.22. The zero-order valence-electron chi connectivity index (χ0n) is 21.6. The van der Waals surface area contributed by atoms with E-state index in [9.17, 15) is 0 Å². The fourth-order valence-corrected chi connectivity index (χ4v) is 16.0. The van der Waals surface area contributed by atoms with Gasteiger partial charge in [-0.1, -0.05) is 121 Å². The van der Waals surface area contributed by atoms with Gasteiger partial charge in [0.25, 0.3) is 0 Å². The van der Waals surface area contributed by atoms with E-state index in [1.165, 1.54) is 51.4 Å². The molecule has 0 N–H and O–H groups in total. The highest BCUT2D eigenvalue weighted by molar-refractivity contribution is 7.73. The molecule has 0 heterocycles. The highest BCUT2D eigenvalue weighted by Gasteiger charge is 2.46. The maximum Gasteiger partial charge on any atom is -0.00688 e. The Hall–Kier alpha value is -0.700. The summed E-state index contributed by atoms with van der Waals surface area (Å²) in [7, 11) is -0.179. The minimum absolute atomic E-state index is 0.133. The standard InChI is InChI=1S/C32H46P2/c1-25-23-24-31(26(2)33(27-15-7-3-8-16-27)28-17-9-4-10-18-28)32(25)34(29-19-11-5-12-20-29)30-21-13-6-14-22-30/h5-6,11-14,19-22,25-28,31-32H,3-4,7-10,15-18,23-24H2,1-2H3/t25?,26-,31?,32?/m1/s1. The number of benzene rings is 2. The van der Waals surface area contributed by atoms with Crippen molar-refractivity contribution in [2.45, 2.75) is 114 Å². The van der Waals surface area contributed by atoms with Gasteiger partial charge in [0.15, 0.2) is 0 Å². The van der Waals surface area contributed by atoms with Gasteiger partial charge in [-0.2, -0.15) is 0 Å². The Morgan fingerprint density at radius 3 is 1.56 bits per heavy atom. The molecular weight excluding hydrogens is 446 g/mol. The summed E-state index contributed by atoms with van der Waals surface area (Å²) in [4.78, 5) is 0. The molecule has 2 aromatic carbocycles. The van der Waals surface area contributed by atoms with Crippen LogP contribution in [0.5, 0.6) is 0 Å². The van der Waals surface area contributed by atoms with Crippen LogP contribution in [-0.2, 0) is 0 Å². The van der Waals surface area contributed by atoms with Crippen LogP contribution in [0.1, 0.15) is 90.9 Å². The van der Waals surface area contributed by atoms with Crippen LogP contribution in [0.25, 0.3) is 0 Å². The van der Waals surface area contributed by atoms with Crippen LogP contribution in [0.15, 0.2) is 60.7 Å². The quantitative estimate of drug-likeness (QED) is 0.338. The van der Waals surface area contributed by atoms with Crippen molar-refractivity contribution in [1.29, 1.82) is 0 Å². The van der Waals surface area contributed by atoms with E-state index in [2.05, 4.69) is 74.5 Å². The monoisotopic (exact) mass is 492 g/mol. The highest BCUT2D eigenvalue weighted by atomic mass is 31.1. The zero-order chi connectivity index (χ0) is 23.3. The molecule has 3 fully saturated rings. The third kappa shape index (κ3) is 5.50. The first kappa shape index (κ1) is 25.0. The van der Waals surface area contributed by atoms with Crippen LogP contribution in [0.4, 0.5) is 0 Å². The van der Waals surface area contributed by atoms with Crippen molar-refractivity contribution in [1.82, 2.24) is 0 Å². The van der Waals surface area contributed by atoms with Crippen LogP contribution < -0.4 is 10.6 Å². The maximum absolute atomic E-state index is 2.76. The van der Waals surface area contributed by atoms with Crippen LogP contribution >= 0.6 is 15.8 Å². The lowest BCUT2D eigenvalue weighted by molar-refractivity contribution is 0.463. The summed E-state index contributed by atoms with van der Waals surface area (Å²) >= 11 is 0. The van der Waals surface area contributed by atoms with Gasteiger partial charge < -0.3 is 0 Å². The molecule has 0 spiro atoms. The van der Waals surface area contributed by atoms with Crippen LogP contribution in [0.2, 0.25) is 0 Å². The topological polar surface area (TPSA) is 0 Å². The second-order valence-electron chi connectivity index (χ2n) is 11.5. The molecule has 3 saturated carbocycles. The molecule has 34 heavy (non-hydrogen) atoms. The number of hydrogen-bond acceptors (Lipinski definition) is 0. The first-order chi connectivity index (χ1) is 16.7.